The zero-order valence-electron chi connectivity index (χ0n) is 11.0. The second kappa shape index (κ2) is 5.42. The predicted molar refractivity (Wildman–Crippen MR) is 79.4 cm³/mol. The smallest absolute Gasteiger partial charge is 0.177 e. The van der Waals surface area contributed by atoms with E-state index in [1.54, 1.807) is 30.3 Å². The van der Waals surface area contributed by atoms with Crippen LogP contribution in [0.1, 0.15) is 5.56 Å². The second-order valence-electron chi connectivity index (χ2n) is 4.51. The molecular formula is C14H16N2O3S. The Morgan fingerprint density at radius 3 is 2.60 bits per heavy atom. The number of nitrogen functional groups attached to an aromatic ring is 1. The molecule has 0 unspecified atom stereocenters. The summed E-state index contributed by atoms with van der Waals surface area (Å²) in [5.41, 5.74) is 7.30. The molecule has 6 heteroatoms. The molecule has 5 nitrogen and oxygen atoms in total. The molecule has 0 amide bonds. The maximum absolute atomic E-state index is 11.7. The van der Waals surface area contributed by atoms with Crippen molar-refractivity contribution in [2.75, 3.05) is 17.3 Å². The van der Waals surface area contributed by atoms with E-state index in [1.165, 1.54) is 12.1 Å². The van der Waals surface area contributed by atoms with Crippen LogP contribution in [0, 0.1) is 0 Å². The van der Waals surface area contributed by atoms with Crippen molar-refractivity contribution >= 4 is 21.2 Å². The van der Waals surface area contributed by atoms with Gasteiger partial charge in [-0.05, 0) is 30.3 Å². The first-order valence-electron chi connectivity index (χ1n) is 5.98. The number of phenolic OH excluding ortho intramolecular Hbond substituents is 1. The summed E-state index contributed by atoms with van der Waals surface area (Å²) >= 11 is 0. The molecule has 0 saturated carbocycles. The molecule has 2 aromatic carbocycles. The molecule has 2 rings (SSSR count). The van der Waals surface area contributed by atoms with E-state index in [2.05, 4.69) is 5.32 Å². The molecule has 0 atom stereocenters. The molecule has 4 N–H and O–H groups in total. The maximum atomic E-state index is 11.7. The van der Waals surface area contributed by atoms with E-state index in [4.69, 9.17) is 5.73 Å². The number of phenols is 1. The van der Waals surface area contributed by atoms with Crippen LogP contribution in [0.5, 0.6) is 5.75 Å². The predicted octanol–water partition coefficient (Wildman–Crippen LogP) is 1.99. The van der Waals surface area contributed by atoms with E-state index in [-0.39, 0.29) is 17.2 Å². The van der Waals surface area contributed by atoms with Gasteiger partial charge < -0.3 is 16.2 Å². The van der Waals surface area contributed by atoms with E-state index in [1.807, 2.05) is 0 Å². The van der Waals surface area contributed by atoms with Gasteiger partial charge in [0.1, 0.15) is 5.75 Å². The van der Waals surface area contributed by atoms with Crippen LogP contribution < -0.4 is 11.1 Å². The van der Waals surface area contributed by atoms with Gasteiger partial charge in [-0.1, -0.05) is 12.1 Å². The Labute approximate surface area is 118 Å². The third-order valence-corrected chi connectivity index (χ3v) is 4.01. The van der Waals surface area contributed by atoms with Crippen molar-refractivity contribution in [1.82, 2.24) is 0 Å². The number of nitrogens with one attached hydrogen (secondary N) is 1. The number of sulfone groups is 1. The summed E-state index contributed by atoms with van der Waals surface area (Å²) in [6.07, 6.45) is 1.16. The Kier molecular flexibility index (Phi) is 3.85. The first-order valence-corrected chi connectivity index (χ1v) is 7.87. The summed E-state index contributed by atoms with van der Waals surface area (Å²) < 4.78 is 23.4. The molecule has 0 heterocycles. The average Bonchev–Trinajstić information content (AvgIpc) is 2.39. The van der Waals surface area contributed by atoms with Gasteiger partial charge in [0.05, 0.1) is 10.6 Å². The highest BCUT2D eigenvalue weighted by Gasteiger charge is 2.12. The molecule has 0 aliphatic rings. The van der Waals surface area contributed by atoms with Crippen molar-refractivity contribution in [3.63, 3.8) is 0 Å². The van der Waals surface area contributed by atoms with Crippen LogP contribution in [-0.2, 0) is 16.4 Å². The number of para-hydroxylation sites is 1. The van der Waals surface area contributed by atoms with Gasteiger partial charge in [0.25, 0.3) is 0 Å². The fraction of sp³-hybridized carbons (Fsp3) is 0.143. The van der Waals surface area contributed by atoms with Crippen LogP contribution >= 0.6 is 0 Å². The van der Waals surface area contributed by atoms with Gasteiger partial charge in [0.15, 0.2) is 9.84 Å². The van der Waals surface area contributed by atoms with Crippen molar-refractivity contribution in [3.05, 3.63) is 48.0 Å². The minimum absolute atomic E-state index is 0.114. The van der Waals surface area contributed by atoms with Crippen molar-refractivity contribution in [1.29, 1.82) is 0 Å². The lowest BCUT2D eigenvalue weighted by Gasteiger charge is -2.12. The van der Waals surface area contributed by atoms with Gasteiger partial charge in [-0.3, -0.25) is 0 Å². The molecule has 0 aliphatic carbocycles. The van der Waals surface area contributed by atoms with E-state index in [9.17, 15) is 13.5 Å². The number of hydrogen-bond donors (Lipinski definition) is 3. The van der Waals surface area contributed by atoms with Crippen LogP contribution in [0.15, 0.2) is 47.4 Å². The van der Waals surface area contributed by atoms with Gasteiger partial charge in [-0.15, -0.1) is 0 Å². The summed E-state index contributed by atoms with van der Waals surface area (Å²) in [6.45, 7) is 0.281. The third-order valence-electron chi connectivity index (χ3n) is 2.86. The summed E-state index contributed by atoms with van der Waals surface area (Å²) in [5.74, 6) is 0.114. The Morgan fingerprint density at radius 2 is 1.90 bits per heavy atom. The lowest BCUT2D eigenvalue weighted by molar-refractivity contribution is 0.469. The zero-order valence-corrected chi connectivity index (χ0v) is 11.8. The molecule has 0 fully saturated rings. The highest BCUT2D eigenvalue weighted by atomic mass is 32.2. The van der Waals surface area contributed by atoms with Crippen LogP contribution in [0.25, 0.3) is 0 Å². The fourth-order valence-corrected chi connectivity index (χ4v) is 2.74. The van der Waals surface area contributed by atoms with E-state index < -0.39 is 9.84 Å². The highest BCUT2D eigenvalue weighted by molar-refractivity contribution is 7.90. The Hall–Kier alpha value is -2.21. The Bertz CT molecular complexity index is 727. The van der Waals surface area contributed by atoms with Crippen LogP contribution in [0.2, 0.25) is 0 Å². The van der Waals surface area contributed by atoms with E-state index in [0.29, 0.717) is 16.9 Å². The molecule has 0 saturated heterocycles. The molecule has 0 spiro atoms. The Morgan fingerprint density at radius 1 is 1.20 bits per heavy atom. The minimum atomic E-state index is -3.31. The molecule has 0 radical (unpaired) electrons. The lowest BCUT2D eigenvalue weighted by atomic mass is 10.1. The van der Waals surface area contributed by atoms with Crippen LogP contribution in [-0.4, -0.2) is 19.8 Å². The van der Waals surface area contributed by atoms with Gasteiger partial charge in [0.2, 0.25) is 0 Å². The van der Waals surface area contributed by atoms with Crippen molar-refractivity contribution in [3.8, 4) is 5.75 Å². The third kappa shape index (κ3) is 3.21. The maximum Gasteiger partial charge on any atom is 0.177 e. The molecule has 20 heavy (non-hydrogen) atoms. The van der Waals surface area contributed by atoms with Crippen LogP contribution in [0.4, 0.5) is 11.4 Å². The second-order valence-corrected chi connectivity index (χ2v) is 6.49. The number of anilines is 2. The monoisotopic (exact) mass is 292 g/mol. The van der Waals surface area contributed by atoms with Gasteiger partial charge in [0, 0.05) is 24.1 Å². The van der Waals surface area contributed by atoms with Gasteiger partial charge >= 0.3 is 0 Å². The summed E-state index contributed by atoms with van der Waals surface area (Å²) in [4.78, 5) is 0.225. The summed E-state index contributed by atoms with van der Waals surface area (Å²) in [6, 6.07) is 11.4. The quantitative estimate of drug-likeness (QED) is 0.592. The largest absolute Gasteiger partial charge is 0.508 e. The molecule has 0 aliphatic heterocycles. The summed E-state index contributed by atoms with van der Waals surface area (Å²) in [7, 11) is -3.31. The van der Waals surface area contributed by atoms with Crippen molar-refractivity contribution < 1.29 is 13.5 Å². The molecule has 0 aromatic heterocycles. The molecular weight excluding hydrogens is 276 g/mol. The van der Waals surface area contributed by atoms with Crippen molar-refractivity contribution in [2.24, 2.45) is 0 Å². The number of hydrogen-bond acceptors (Lipinski definition) is 5. The SMILES string of the molecule is CS(=O)(=O)c1ccccc1NCc1cc(N)ccc1O. The number of rotatable bonds is 4. The van der Waals surface area contributed by atoms with Crippen LogP contribution in [0.3, 0.4) is 0 Å². The normalized spacial score (nSPS) is 11.2. The minimum Gasteiger partial charge on any atom is -0.508 e. The van der Waals surface area contributed by atoms with E-state index in [0.717, 1.165) is 6.26 Å². The first-order chi connectivity index (χ1) is 9.38. The number of aromatic hydroxyl groups is 1. The molecule has 0 bridgehead atoms. The summed E-state index contributed by atoms with van der Waals surface area (Å²) in [5, 5.41) is 12.7. The first kappa shape index (κ1) is 14.2. The van der Waals surface area contributed by atoms with E-state index >= 15 is 0 Å². The standard InChI is InChI=1S/C14H16N2O3S/c1-20(18,19)14-5-3-2-4-12(14)16-9-10-8-11(15)6-7-13(10)17/h2-8,16-17H,9,15H2,1H3. The molecule has 106 valence electrons. The lowest BCUT2D eigenvalue weighted by Crippen LogP contribution is -2.06. The molecule has 2 aromatic rings. The average molecular weight is 292 g/mol. The Balaban J connectivity index is 2.26. The van der Waals surface area contributed by atoms with Gasteiger partial charge in [-0.25, -0.2) is 8.42 Å². The zero-order chi connectivity index (χ0) is 14.8. The highest BCUT2D eigenvalue weighted by Crippen LogP contribution is 2.24. The number of benzene rings is 2. The topological polar surface area (TPSA) is 92.4 Å². The fourth-order valence-electron chi connectivity index (χ4n) is 1.87. The van der Waals surface area contributed by atoms with Crippen molar-refractivity contribution in [2.45, 2.75) is 11.4 Å². The van der Waals surface area contributed by atoms with Gasteiger partial charge in [-0.2, -0.15) is 0 Å². The number of nitrogens with two attached hydrogens (primary N) is 1.